The molecule has 0 radical (unpaired) electrons. The Kier molecular flexibility index (Phi) is 9.08. The molecule has 0 bridgehead atoms. The number of piperidine rings is 1. The number of carbonyl (C=O) groups excluding carboxylic acids is 2. The molecule has 222 valence electrons. The van der Waals surface area contributed by atoms with E-state index in [9.17, 15) is 9.59 Å². The van der Waals surface area contributed by atoms with E-state index in [4.69, 9.17) is 34.7 Å². The van der Waals surface area contributed by atoms with Crippen molar-refractivity contribution >= 4 is 52.5 Å². The number of amides is 3. The molecule has 0 saturated carbocycles. The fourth-order valence-corrected chi connectivity index (χ4v) is 6.79. The summed E-state index contributed by atoms with van der Waals surface area (Å²) in [5, 5.41) is 0.790. The Morgan fingerprint density at radius 3 is 2.49 bits per heavy atom. The molecule has 1 aromatic heterocycles. The summed E-state index contributed by atoms with van der Waals surface area (Å²) < 4.78 is 0. The number of nitrogens with two attached hydrogens (primary N) is 2. The van der Waals surface area contributed by atoms with E-state index in [1.165, 1.54) is 0 Å². The van der Waals surface area contributed by atoms with Gasteiger partial charge in [-0.3, -0.25) is 19.5 Å². The van der Waals surface area contributed by atoms with E-state index in [-0.39, 0.29) is 22.7 Å². The quantitative estimate of drug-likeness (QED) is 0.470. The maximum absolute atomic E-state index is 12.7. The second kappa shape index (κ2) is 12.6. The van der Waals surface area contributed by atoms with E-state index in [2.05, 4.69) is 37.7 Å². The minimum atomic E-state index is -0.743. The molecule has 11 nitrogen and oxygen atoms in total. The number of primary amides is 1. The molecule has 0 aliphatic carbocycles. The second-order valence-electron chi connectivity index (χ2n) is 11.2. The van der Waals surface area contributed by atoms with Crippen LogP contribution in [0.5, 0.6) is 0 Å². The van der Waals surface area contributed by atoms with Crippen LogP contribution in [0.2, 0.25) is 10.2 Å². The number of likely N-dealkylation sites (tertiary alicyclic amines) is 1. The predicted molar refractivity (Wildman–Crippen MR) is 163 cm³/mol. The lowest BCUT2D eigenvalue weighted by Crippen LogP contribution is -2.58. The SMILES string of the molecule is CCC[C@H]1CN(c2nc(N)c(C(N)=O)nc2Cl)CCN1C1CCN(Cc2ccc(Cl)cc2N2CCN(C)C2=O)CC1. The van der Waals surface area contributed by atoms with Crippen molar-refractivity contribution in [3.8, 4) is 0 Å². The summed E-state index contributed by atoms with van der Waals surface area (Å²) >= 11 is 12.8. The summed E-state index contributed by atoms with van der Waals surface area (Å²) in [5.41, 5.74) is 13.3. The third kappa shape index (κ3) is 6.33. The summed E-state index contributed by atoms with van der Waals surface area (Å²) in [5.74, 6) is -0.234. The summed E-state index contributed by atoms with van der Waals surface area (Å²) in [6.07, 6.45) is 4.29. The molecule has 3 amide bonds. The van der Waals surface area contributed by atoms with Crippen LogP contribution < -0.4 is 21.3 Å². The number of rotatable bonds is 8. The molecular formula is C28H39Cl2N9O2. The summed E-state index contributed by atoms with van der Waals surface area (Å²) in [6, 6.07) is 6.75. The Bertz CT molecular complexity index is 1290. The minimum absolute atomic E-state index is 0.00343. The molecule has 0 unspecified atom stereocenters. The van der Waals surface area contributed by atoms with E-state index >= 15 is 0 Å². The Morgan fingerprint density at radius 2 is 1.83 bits per heavy atom. The van der Waals surface area contributed by atoms with Gasteiger partial charge in [0.05, 0.1) is 5.69 Å². The number of likely N-dealkylation sites (N-methyl/N-ethyl adjacent to an activating group) is 1. The average Bonchev–Trinajstić information content (AvgIpc) is 3.28. The largest absolute Gasteiger partial charge is 0.382 e. The number of nitrogen functional groups attached to an aromatic ring is 1. The molecule has 1 aromatic carbocycles. The monoisotopic (exact) mass is 603 g/mol. The zero-order valence-electron chi connectivity index (χ0n) is 23.7. The number of benzene rings is 1. The van der Waals surface area contributed by atoms with Gasteiger partial charge in [-0.1, -0.05) is 42.6 Å². The smallest absolute Gasteiger partial charge is 0.324 e. The Labute approximate surface area is 251 Å². The summed E-state index contributed by atoms with van der Waals surface area (Å²) in [6.45, 7) is 8.76. The van der Waals surface area contributed by atoms with Crippen LogP contribution in [-0.4, -0.2) is 102 Å². The number of urea groups is 1. The number of carbonyl (C=O) groups is 2. The van der Waals surface area contributed by atoms with Crippen LogP contribution in [0.3, 0.4) is 0 Å². The van der Waals surface area contributed by atoms with Gasteiger partial charge < -0.3 is 21.3 Å². The zero-order chi connectivity index (χ0) is 29.3. The zero-order valence-corrected chi connectivity index (χ0v) is 25.2. The van der Waals surface area contributed by atoms with Crippen LogP contribution in [0.1, 0.15) is 48.7 Å². The number of anilines is 3. The molecule has 41 heavy (non-hydrogen) atoms. The first-order valence-corrected chi connectivity index (χ1v) is 15.1. The third-order valence-electron chi connectivity index (χ3n) is 8.52. The lowest BCUT2D eigenvalue weighted by molar-refractivity contribution is 0.0590. The Morgan fingerprint density at radius 1 is 1.07 bits per heavy atom. The second-order valence-corrected chi connectivity index (χ2v) is 12.0. The first-order chi connectivity index (χ1) is 19.7. The number of hydrogen-bond acceptors (Lipinski definition) is 8. The van der Waals surface area contributed by atoms with Gasteiger partial charge in [0.15, 0.2) is 22.5 Å². The highest BCUT2D eigenvalue weighted by Crippen LogP contribution is 2.32. The van der Waals surface area contributed by atoms with Crippen molar-refractivity contribution in [2.75, 3.05) is 68.4 Å². The van der Waals surface area contributed by atoms with Crippen molar-refractivity contribution in [2.45, 2.75) is 51.2 Å². The fraction of sp³-hybridized carbons (Fsp3) is 0.571. The first-order valence-electron chi connectivity index (χ1n) is 14.3. The predicted octanol–water partition coefficient (Wildman–Crippen LogP) is 3.29. The Hall–Kier alpha value is -2.86. The van der Waals surface area contributed by atoms with Gasteiger partial charge in [-0.15, -0.1) is 0 Å². The molecule has 3 saturated heterocycles. The van der Waals surface area contributed by atoms with Crippen molar-refractivity contribution < 1.29 is 9.59 Å². The molecule has 4 N–H and O–H groups in total. The lowest BCUT2D eigenvalue weighted by Gasteiger charge is -2.48. The van der Waals surface area contributed by atoms with Crippen molar-refractivity contribution in [3.63, 3.8) is 0 Å². The number of halogens is 2. The number of nitrogens with zero attached hydrogens (tertiary/aromatic N) is 7. The lowest BCUT2D eigenvalue weighted by atomic mass is 9.97. The van der Waals surface area contributed by atoms with Crippen LogP contribution in [0.15, 0.2) is 18.2 Å². The van der Waals surface area contributed by atoms with Crippen LogP contribution in [0, 0.1) is 0 Å². The fourth-order valence-electron chi connectivity index (χ4n) is 6.38. The van der Waals surface area contributed by atoms with E-state index < -0.39 is 5.91 Å². The highest BCUT2D eigenvalue weighted by Gasteiger charge is 2.35. The minimum Gasteiger partial charge on any atom is -0.382 e. The van der Waals surface area contributed by atoms with Gasteiger partial charge in [-0.25, -0.2) is 14.8 Å². The maximum Gasteiger partial charge on any atom is 0.324 e. The van der Waals surface area contributed by atoms with Gasteiger partial charge in [0.25, 0.3) is 5.91 Å². The van der Waals surface area contributed by atoms with Gasteiger partial charge in [0, 0.05) is 63.4 Å². The summed E-state index contributed by atoms with van der Waals surface area (Å²) in [4.78, 5) is 43.7. The van der Waals surface area contributed by atoms with Crippen LogP contribution >= 0.6 is 23.2 Å². The molecule has 3 aliphatic heterocycles. The highest BCUT2D eigenvalue weighted by atomic mass is 35.5. The van der Waals surface area contributed by atoms with Crippen LogP contribution in [0.4, 0.5) is 22.1 Å². The Balaban J connectivity index is 1.22. The number of aromatic nitrogens is 2. The molecule has 0 spiro atoms. The van der Waals surface area contributed by atoms with Gasteiger partial charge in [-0.05, 0) is 50.0 Å². The normalized spacial score (nSPS) is 21.2. The average molecular weight is 605 g/mol. The van der Waals surface area contributed by atoms with Gasteiger partial charge in [0.2, 0.25) is 0 Å². The molecule has 3 fully saturated rings. The molecule has 4 heterocycles. The number of hydrogen-bond donors (Lipinski definition) is 2. The van der Waals surface area contributed by atoms with E-state index in [1.54, 1.807) is 4.90 Å². The van der Waals surface area contributed by atoms with Crippen molar-refractivity contribution in [2.24, 2.45) is 5.73 Å². The summed E-state index contributed by atoms with van der Waals surface area (Å²) in [7, 11) is 1.83. The molecule has 5 rings (SSSR count). The van der Waals surface area contributed by atoms with Crippen molar-refractivity contribution in [1.29, 1.82) is 0 Å². The van der Waals surface area contributed by atoms with E-state index in [0.717, 1.165) is 76.2 Å². The molecule has 2 aromatic rings. The number of piperazine rings is 1. The van der Waals surface area contributed by atoms with Crippen molar-refractivity contribution in [1.82, 2.24) is 24.7 Å². The van der Waals surface area contributed by atoms with Crippen LogP contribution in [0.25, 0.3) is 0 Å². The standard InChI is InChI=1S/C28H39Cl2N9O2/c1-3-4-21-17-37(27-24(30)33-23(26(32)40)25(31)34-27)12-14-38(21)20-7-9-36(10-8-20)16-18-5-6-19(29)15-22(18)39-13-11-35(2)28(39)41/h5-6,15,20-21H,3-4,7-14,16-17H2,1-2H3,(H2,31,34)(H2,32,40)/t21-/m0/s1. The van der Waals surface area contributed by atoms with Gasteiger partial charge in [0.1, 0.15) is 0 Å². The molecule has 3 aliphatic rings. The topological polar surface area (TPSA) is 128 Å². The molecule has 13 heteroatoms. The van der Waals surface area contributed by atoms with Gasteiger partial charge in [-0.2, -0.15) is 0 Å². The molecule has 1 atom stereocenters. The van der Waals surface area contributed by atoms with Gasteiger partial charge >= 0.3 is 6.03 Å². The maximum atomic E-state index is 12.7. The highest BCUT2D eigenvalue weighted by molar-refractivity contribution is 6.32. The molecular weight excluding hydrogens is 565 g/mol. The van der Waals surface area contributed by atoms with Crippen LogP contribution in [-0.2, 0) is 6.54 Å². The third-order valence-corrected chi connectivity index (χ3v) is 9.01. The van der Waals surface area contributed by atoms with Crippen molar-refractivity contribution in [3.05, 3.63) is 39.6 Å². The first kappa shape index (κ1) is 29.6. The van der Waals surface area contributed by atoms with E-state index in [0.29, 0.717) is 36.0 Å². The van der Waals surface area contributed by atoms with E-state index in [1.807, 2.05) is 24.1 Å².